The third-order valence-corrected chi connectivity index (χ3v) is 3.80. The lowest BCUT2D eigenvalue weighted by molar-refractivity contribution is 0.102. The molecule has 25 heavy (non-hydrogen) atoms. The molecule has 1 amide bonds. The Morgan fingerprint density at radius 1 is 1.16 bits per heavy atom. The first-order valence-electron chi connectivity index (χ1n) is 8.59. The van der Waals surface area contributed by atoms with Gasteiger partial charge in [-0.05, 0) is 43.7 Å². The fourth-order valence-corrected chi connectivity index (χ4v) is 2.46. The second-order valence-electron chi connectivity index (χ2n) is 5.72. The fraction of sp³-hybridized carbons (Fsp3) is 0.368. The molecule has 0 aliphatic carbocycles. The van der Waals surface area contributed by atoms with Crippen LogP contribution in [0.15, 0.2) is 42.6 Å². The highest BCUT2D eigenvalue weighted by Gasteiger charge is 2.12. The summed E-state index contributed by atoms with van der Waals surface area (Å²) >= 11 is 0. The average molecular weight is 342 g/mol. The Bertz CT molecular complexity index is 676. The lowest BCUT2D eigenvalue weighted by Crippen LogP contribution is -2.16. The largest absolute Gasteiger partial charge is 0.497 e. The summed E-state index contributed by atoms with van der Waals surface area (Å²) in [4.78, 5) is 16.9. The number of benzene rings is 1. The van der Waals surface area contributed by atoms with Crippen molar-refractivity contribution >= 4 is 17.4 Å². The van der Waals surface area contributed by atoms with Crippen LogP contribution in [0.4, 0.5) is 11.5 Å². The van der Waals surface area contributed by atoms with Crippen LogP contribution in [0.25, 0.3) is 0 Å². The molecular formula is C19H26N4O2. The van der Waals surface area contributed by atoms with Gasteiger partial charge in [0.05, 0.1) is 12.7 Å². The predicted molar refractivity (Wildman–Crippen MR) is 101 cm³/mol. The molecular weight excluding hydrogens is 316 g/mol. The summed E-state index contributed by atoms with van der Waals surface area (Å²) in [6, 6.07) is 10.8. The van der Waals surface area contributed by atoms with Crippen LogP contribution in [0.2, 0.25) is 0 Å². The zero-order chi connectivity index (χ0) is 17.9. The van der Waals surface area contributed by atoms with Gasteiger partial charge in [0.2, 0.25) is 0 Å². The number of hydrogen-bond donors (Lipinski definition) is 3. The van der Waals surface area contributed by atoms with Crippen LogP contribution in [0.3, 0.4) is 0 Å². The quantitative estimate of drug-likeness (QED) is 0.577. The summed E-state index contributed by atoms with van der Waals surface area (Å²) in [5.41, 5.74) is 6.69. The Labute approximate surface area is 148 Å². The minimum Gasteiger partial charge on any atom is -0.497 e. The molecule has 0 saturated heterocycles. The monoisotopic (exact) mass is 342 g/mol. The minimum atomic E-state index is -0.202. The molecule has 6 heteroatoms. The van der Waals surface area contributed by atoms with Gasteiger partial charge in [0.25, 0.3) is 5.91 Å². The van der Waals surface area contributed by atoms with Crippen molar-refractivity contribution in [3.63, 3.8) is 0 Å². The number of nitrogens with zero attached hydrogens (tertiary/aromatic N) is 1. The van der Waals surface area contributed by atoms with E-state index in [0.29, 0.717) is 22.8 Å². The van der Waals surface area contributed by atoms with E-state index in [9.17, 15) is 4.79 Å². The van der Waals surface area contributed by atoms with Crippen LogP contribution in [0.1, 0.15) is 36.0 Å². The van der Waals surface area contributed by atoms with E-state index in [1.165, 1.54) is 0 Å². The Hall–Kier alpha value is -2.60. The number of hydrogen-bond acceptors (Lipinski definition) is 5. The van der Waals surface area contributed by atoms with Crippen molar-refractivity contribution in [2.24, 2.45) is 5.73 Å². The first-order valence-corrected chi connectivity index (χ1v) is 8.59. The molecule has 0 bridgehead atoms. The molecule has 0 aliphatic heterocycles. The van der Waals surface area contributed by atoms with E-state index in [1.54, 1.807) is 31.5 Å². The minimum absolute atomic E-state index is 0.202. The van der Waals surface area contributed by atoms with Crippen LogP contribution < -0.4 is 21.1 Å². The summed E-state index contributed by atoms with van der Waals surface area (Å²) in [5.74, 6) is 1.09. The Morgan fingerprint density at radius 3 is 2.80 bits per heavy atom. The van der Waals surface area contributed by atoms with E-state index in [4.69, 9.17) is 10.5 Å². The average Bonchev–Trinajstić information content (AvgIpc) is 2.65. The van der Waals surface area contributed by atoms with Crippen molar-refractivity contribution in [2.45, 2.75) is 25.7 Å². The van der Waals surface area contributed by atoms with E-state index in [1.807, 2.05) is 18.2 Å². The maximum atomic E-state index is 12.6. The topological polar surface area (TPSA) is 89.3 Å². The molecule has 0 unspecified atom stereocenters. The van der Waals surface area contributed by atoms with Gasteiger partial charge < -0.3 is 21.1 Å². The van der Waals surface area contributed by atoms with Gasteiger partial charge in [-0.3, -0.25) is 4.79 Å². The van der Waals surface area contributed by atoms with Crippen molar-refractivity contribution in [1.82, 2.24) is 4.98 Å². The number of amides is 1. The zero-order valence-corrected chi connectivity index (χ0v) is 14.6. The maximum absolute atomic E-state index is 12.6. The molecule has 0 spiro atoms. The fourth-order valence-electron chi connectivity index (χ4n) is 2.46. The SMILES string of the molecule is COc1cccc(NC(=O)c2cccnc2NCCCCCCN)c1. The number of rotatable bonds is 10. The van der Waals surface area contributed by atoms with Crippen molar-refractivity contribution in [3.8, 4) is 5.75 Å². The molecule has 134 valence electrons. The number of ether oxygens (including phenoxy) is 1. The molecule has 2 aromatic rings. The van der Waals surface area contributed by atoms with Crippen molar-refractivity contribution in [2.75, 3.05) is 30.8 Å². The van der Waals surface area contributed by atoms with E-state index < -0.39 is 0 Å². The number of carbonyl (C=O) groups excluding carboxylic acids is 1. The molecule has 0 atom stereocenters. The molecule has 0 fully saturated rings. The maximum Gasteiger partial charge on any atom is 0.259 e. The molecule has 0 saturated carbocycles. The molecule has 0 radical (unpaired) electrons. The van der Waals surface area contributed by atoms with Gasteiger partial charge in [0, 0.05) is 24.5 Å². The van der Waals surface area contributed by atoms with Crippen LogP contribution in [0, 0.1) is 0 Å². The number of pyridine rings is 1. The van der Waals surface area contributed by atoms with Gasteiger partial charge in [0.15, 0.2) is 0 Å². The van der Waals surface area contributed by atoms with Gasteiger partial charge >= 0.3 is 0 Å². The van der Waals surface area contributed by atoms with Crippen LogP contribution in [-0.4, -0.2) is 31.1 Å². The molecule has 1 aromatic carbocycles. The highest BCUT2D eigenvalue weighted by molar-refractivity contribution is 6.07. The number of anilines is 2. The summed E-state index contributed by atoms with van der Waals surface area (Å²) in [6.45, 7) is 1.52. The number of methoxy groups -OCH3 is 1. The van der Waals surface area contributed by atoms with Gasteiger partial charge in [-0.25, -0.2) is 4.98 Å². The van der Waals surface area contributed by atoms with Gasteiger partial charge in [-0.2, -0.15) is 0 Å². The third-order valence-electron chi connectivity index (χ3n) is 3.80. The van der Waals surface area contributed by atoms with E-state index in [-0.39, 0.29) is 5.91 Å². The van der Waals surface area contributed by atoms with Gasteiger partial charge in [-0.1, -0.05) is 18.9 Å². The Morgan fingerprint density at radius 2 is 2.00 bits per heavy atom. The highest BCUT2D eigenvalue weighted by Crippen LogP contribution is 2.19. The number of nitrogens with one attached hydrogen (secondary N) is 2. The van der Waals surface area contributed by atoms with Crippen molar-refractivity contribution in [3.05, 3.63) is 48.2 Å². The molecule has 6 nitrogen and oxygen atoms in total. The van der Waals surface area contributed by atoms with Crippen LogP contribution >= 0.6 is 0 Å². The van der Waals surface area contributed by atoms with Crippen molar-refractivity contribution in [1.29, 1.82) is 0 Å². The number of unbranched alkanes of at least 4 members (excludes halogenated alkanes) is 3. The molecule has 1 heterocycles. The summed E-state index contributed by atoms with van der Waals surface area (Å²) in [7, 11) is 1.59. The van der Waals surface area contributed by atoms with E-state index in [2.05, 4.69) is 15.6 Å². The number of nitrogens with two attached hydrogens (primary N) is 1. The van der Waals surface area contributed by atoms with E-state index in [0.717, 1.165) is 38.8 Å². The normalized spacial score (nSPS) is 10.3. The smallest absolute Gasteiger partial charge is 0.259 e. The standard InChI is InChI=1S/C19H26N4O2/c1-25-16-9-6-8-15(14-16)23-19(24)17-10-7-13-22-18(17)21-12-5-3-2-4-11-20/h6-10,13-14H,2-5,11-12,20H2,1H3,(H,21,22)(H,23,24). The van der Waals surface area contributed by atoms with E-state index >= 15 is 0 Å². The molecule has 2 rings (SSSR count). The predicted octanol–water partition coefficient (Wildman–Crippen LogP) is 3.27. The molecule has 1 aromatic heterocycles. The summed E-state index contributed by atoms with van der Waals surface area (Å²) < 4.78 is 5.18. The number of aromatic nitrogens is 1. The van der Waals surface area contributed by atoms with Crippen LogP contribution in [-0.2, 0) is 0 Å². The van der Waals surface area contributed by atoms with Crippen molar-refractivity contribution < 1.29 is 9.53 Å². The second kappa shape index (κ2) is 10.3. The lowest BCUT2D eigenvalue weighted by atomic mass is 10.2. The first-order chi connectivity index (χ1) is 12.2. The van der Waals surface area contributed by atoms with Gasteiger partial charge in [-0.15, -0.1) is 0 Å². The van der Waals surface area contributed by atoms with Crippen LogP contribution in [0.5, 0.6) is 5.75 Å². The zero-order valence-electron chi connectivity index (χ0n) is 14.6. The van der Waals surface area contributed by atoms with Gasteiger partial charge in [0.1, 0.15) is 11.6 Å². The Kier molecular flexibility index (Phi) is 7.72. The number of carbonyl (C=O) groups is 1. The summed E-state index contributed by atoms with van der Waals surface area (Å²) in [5, 5.41) is 6.13. The third kappa shape index (κ3) is 6.08. The first kappa shape index (κ1) is 18.7. The highest BCUT2D eigenvalue weighted by atomic mass is 16.5. The molecule has 0 aliphatic rings. The summed E-state index contributed by atoms with van der Waals surface area (Å²) in [6.07, 6.45) is 6.00. The lowest BCUT2D eigenvalue weighted by Gasteiger charge is -2.11. The Balaban J connectivity index is 1.95. The second-order valence-corrected chi connectivity index (χ2v) is 5.72. The molecule has 4 N–H and O–H groups in total.